The van der Waals surface area contributed by atoms with Crippen LogP contribution in [0.25, 0.3) is 66.4 Å². The summed E-state index contributed by atoms with van der Waals surface area (Å²) in [5, 5.41) is 2.18. The second-order valence-electron chi connectivity index (χ2n) is 15.7. The van der Waals surface area contributed by atoms with Crippen LogP contribution in [0.15, 0.2) is 259 Å². The molecule has 0 spiro atoms. The predicted molar refractivity (Wildman–Crippen MR) is 265 cm³/mol. The van der Waals surface area contributed by atoms with Crippen LogP contribution in [-0.2, 0) is 0 Å². The highest BCUT2D eigenvalue weighted by molar-refractivity contribution is 6.11. The molecule has 11 aromatic rings. The molecule has 3 nitrogen and oxygen atoms in total. The molecular weight excluding hydrogens is 765 g/mol. The fourth-order valence-electron chi connectivity index (χ4n) is 8.96. The highest BCUT2D eigenvalue weighted by atomic mass is 16.3. The first-order valence-corrected chi connectivity index (χ1v) is 21.4. The van der Waals surface area contributed by atoms with Crippen molar-refractivity contribution in [1.82, 2.24) is 0 Å². The van der Waals surface area contributed by atoms with Gasteiger partial charge in [-0.2, -0.15) is 0 Å². The molecule has 0 radical (unpaired) electrons. The largest absolute Gasteiger partial charge is 0.454 e. The predicted octanol–water partition coefficient (Wildman–Crippen LogP) is 17.2. The van der Waals surface area contributed by atoms with E-state index in [1.807, 2.05) is 6.07 Å². The quantitative estimate of drug-likeness (QED) is 0.137. The zero-order valence-corrected chi connectivity index (χ0v) is 34.6. The van der Waals surface area contributed by atoms with E-state index in [1.54, 1.807) is 0 Å². The van der Waals surface area contributed by atoms with Crippen LogP contribution in [0.5, 0.6) is 0 Å². The van der Waals surface area contributed by atoms with E-state index in [4.69, 9.17) is 4.42 Å². The van der Waals surface area contributed by atoms with E-state index in [0.29, 0.717) is 0 Å². The first-order chi connectivity index (χ1) is 31.3. The second-order valence-corrected chi connectivity index (χ2v) is 15.7. The van der Waals surface area contributed by atoms with Crippen molar-refractivity contribution in [3.63, 3.8) is 0 Å². The van der Waals surface area contributed by atoms with E-state index in [9.17, 15) is 0 Å². The Morgan fingerprint density at radius 3 is 1.10 bits per heavy atom. The first kappa shape index (κ1) is 37.6. The number of para-hydroxylation sites is 5. The van der Waals surface area contributed by atoms with Gasteiger partial charge in [0, 0.05) is 38.8 Å². The summed E-state index contributed by atoms with van der Waals surface area (Å²) in [6.07, 6.45) is 0. The molecule has 0 unspecified atom stereocenters. The monoisotopic (exact) mass is 806 g/mol. The second kappa shape index (κ2) is 16.6. The number of nitrogens with zero attached hydrogens (tertiary/aromatic N) is 2. The zero-order valence-electron chi connectivity index (χ0n) is 34.6. The van der Waals surface area contributed by atoms with Crippen molar-refractivity contribution < 1.29 is 4.42 Å². The smallest absolute Gasteiger partial charge is 0.159 e. The van der Waals surface area contributed by atoms with E-state index in [0.717, 1.165) is 101 Å². The van der Waals surface area contributed by atoms with Gasteiger partial charge in [-0.15, -0.1) is 0 Å². The first-order valence-electron chi connectivity index (χ1n) is 21.4. The molecule has 10 aromatic carbocycles. The molecule has 3 heteroatoms. The molecule has 1 heterocycles. The zero-order chi connectivity index (χ0) is 42.0. The molecule has 0 bridgehead atoms. The third kappa shape index (κ3) is 7.12. The molecule has 0 saturated heterocycles. The summed E-state index contributed by atoms with van der Waals surface area (Å²) < 4.78 is 6.73. The van der Waals surface area contributed by atoms with E-state index in [-0.39, 0.29) is 0 Å². The van der Waals surface area contributed by atoms with E-state index < -0.39 is 0 Å². The molecule has 11 rings (SSSR count). The summed E-state index contributed by atoms with van der Waals surface area (Å²) >= 11 is 0. The normalized spacial score (nSPS) is 11.2. The number of fused-ring (bicyclic) bond motifs is 3. The van der Waals surface area contributed by atoms with Gasteiger partial charge < -0.3 is 14.2 Å². The van der Waals surface area contributed by atoms with Gasteiger partial charge in [0.25, 0.3) is 0 Å². The maximum absolute atomic E-state index is 6.73. The van der Waals surface area contributed by atoms with Crippen molar-refractivity contribution in [2.24, 2.45) is 0 Å². The molecule has 1 aromatic heterocycles. The fourth-order valence-corrected chi connectivity index (χ4v) is 8.96. The lowest BCUT2D eigenvalue weighted by molar-refractivity contribution is 0.669. The van der Waals surface area contributed by atoms with E-state index in [2.05, 4.69) is 259 Å². The van der Waals surface area contributed by atoms with E-state index >= 15 is 0 Å². The lowest BCUT2D eigenvalue weighted by atomic mass is 9.97. The van der Waals surface area contributed by atoms with Crippen LogP contribution in [0, 0.1) is 0 Å². The molecule has 0 aliphatic carbocycles. The van der Waals surface area contributed by atoms with Gasteiger partial charge in [0.05, 0.1) is 22.7 Å². The van der Waals surface area contributed by atoms with E-state index in [1.165, 1.54) is 0 Å². The third-order valence-electron chi connectivity index (χ3n) is 11.9. The van der Waals surface area contributed by atoms with Crippen molar-refractivity contribution in [2.75, 3.05) is 9.80 Å². The van der Waals surface area contributed by atoms with Crippen LogP contribution in [0.4, 0.5) is 34.1 Å². The minimum absolute atomic E-state index is 0.846. The molecule has 0 aliphatic rings. The van der Waals surface area contributed by atoms with Crippen LogP contribution in [0.2, 0.25) is 0 Å². The van der Waals surface area contributed by atoms with Gasteiger partial charge >= 0.3 is 0 Å². The van der Waals surface area contributed by atoms with Crippen LogP contribution < -0.4 is 9.80 Å². The van der Waals surface area contributed by atoms with Gasteiger partial charge in [0.2, 0.25) is 0 Å². The number of hydrogen-bond donors (Lipinski definition) is 0. The summed E-state index contributed by atoms with van der Waals surface area (Å²) in [6.45, 7) is 0. The minimum atomic E-state index is 0.846. The number of rotatable bonds is 10. The molecule has 0 fully saturated rings. The maximum Gasteiger partial charge on any atom is 0.159 e. The fraction of sp³-hybridized carbons (Fsp3) is 0. The maximum atomic E-state index is 6.73. The van der Waals surface area contributed by atoms with Crippen molar-refractivity contribution in [3.05, 3.63) is 255 Å². The summed E-state index contributed by atoms with van der Waals surface area (Å²) in [5.74, 6) is 0. The molecule has 63 heavy (non-hydrogen) atoms. The standard InChI is InChI=1S/C60H42N2O/c1-4-21-43(22-5-1)50-31-10-14-36-55(50)61(56-37-15-11-32-51(56)44-23-6-2-7-24-44)48-29-18-27-46(41-48)47-28-19-30-49(42-47)62(57-38-16-12-33-52(57)45-25-8-3-9-26-45)58-39-20-35-54-53-34-13-17-40-59(53)63-60(54)58/h1-42H. The van der Waals surface area contributed by atoms with Crippen LogP contribution in [0.1, 0.15) is 0 Å². The Hall–Kier alpha value is -8.40. The Morgan fingerprint density at radius 2 is 0.603 bits per heavy atom. The Morgan fingerprint density at radius 1 is 0.254 bits per heavy atom. The third-order valence-corrected chi connectivity index (χ3v) is 11.9. The topological polar surface area (TPSA) is 19.6 Å². The van der Waals surface area contributed by atoms with Gasteiger partial charge in [0.15, 0.2) is 5.58 Å². The van der Waals surface area contributed by atoms with Crippen LogP contribution >= 0.6 is 0 Å². The average molecular weight is 807 g/mol. The Labute approximate surface area is 368 Å². The molecule has 298 valence electrons. The molecule has 0 aliphatic heterocycles. The van der Waals surface area contributed by atoms with Crippen molar-refractivity contribution in [1.29, 1.82) is 0 Å². The molecule has 0 saturated carbocycles. The Kier molecular flexibility index (Phi) is 9.89. The molecule has 0 amide bonds. The highest BCUT2D eigenvalue weighted by Crippen LogP contribution is 2.48. The van der Waals surface area contributed by atoms with Crippen LogP contribution in [-0.4, -0.2) is 0 Å². The lowest BCUT2D eigenvalue weighted by Crippen LogP contribution is -2.12. The summed E-state index contributed by atoms with van der Waals surface area (Å²) in [4.78, 5) is 4.78. The minimum Gasteiger partial charge on any atom is -0.454 e. The molecule has 0 N–H and O–H groups in total. The van der Waals surface area contributed by atoms with Gasteiger partial charge in [-0.3, -0.25) is 0 Å². The van der Waals surface area contributed by atoms with Crippen molar-refractivity contribution in [3.8, 4) is 44.5 Å². The summed E-state index contributed by atoms with van der Waals surface area (Å²) in [5.41, 5.74) is 17.1. The van der Waals surface area contributed by atoms with Gasteiger partial charge in [-0.05, 0) is 82.4 Å². The van der Waals surface area contributed by atoms with Gasteiger partial charge in [-0.25, -0.2) is 0 Å². The van der Waals surface area contributed by atoms with Crippen molar-refractivity contribution in [2.45, 2.75) is 0 Å². The van der Waals surface area contributed by atoms with Crippen molar-refractivity contribution >= 4 is 56.1 Å². The molecule has 0 atom stereocenters. The molecular formula is C60H42N2O. The Bertz CT molecular complexity index is 3270. The van der Waals surface area contributed by atoms with Gasteiger partial charge in [-0.1, -0.05) is 200 Å². The average Bonchev–Trinajstić information content (AvgIpc) is 3.75. The number of anilines is 6. The Balaban J connectivity index is 1.10. The highest BCUT2D eigenvalue weighted by Gasteiger charge is 2.24. The van der Waals surface area contributed by atoms with Crippen LogP contribution in [0.3, 0.4) is 0 Å². The summed E-state index contributed by atoms with van der Waals surface area (Å²) in [6, 6.07) is 90.7. The number of furan rings is 1. The number of hydrogen-bond acceptors (Lipinski definition) is 3. The SMILES string of the molecule is c1ccc(-c2ccccc2N(c2cccc(-c3cccc(N(c4ccccc4-c4ccccc4)c4cccc5c4oc4ccccc45)c3)c2)c2ccccc2-c2ccccc2)cc1. The lowest BCUT2D eigenvalue weighted by Gasteiger charge is -2.30. The summed E-state index contributed by atoms with van der Waals surface area (Å²) in [7, 11) is 0. The number of benzene rings is 10. The van der Waals surface area contributed by atoms with Gasteiger partial charge in [0.1, 0.15) is 5.58 Å².